The van der Waals surface area contributed by atoms with Gasteiger partial charge in [0.15, 0.2) is 5.78 Å². The predicted octanol–water partition coefficient (Wildman–Crippen LogP) is 4.60. The molecule has 2 aromatic rings. The molecule has 2 aliphatic rings. The number of anilines is 1. The van der Waals surface area contributed by atoms with Crippen LogP contribution in [0, 0.1) is 0 Å². The number of amides is 2. The molecule has 2 amide bonds. The third-order valence-corrected chi connectivity index (χ3v) is 6.20. The van der Waals surface area contributed by atoms with E-state index in [0.29, 0.717) is 23.3 Å². The van der Waals surface area contributed by atoms with Gasteiger partial charge in [0, 0.05) is 35.9 Å². The summed E-state index contributed by atoms with van der Waals surface area (Å²) in [6.07, 6.45) is 5.65. The Balaban J connectivity index is 1.35. The molecule has 2 saturated heterocycles. The lowest BCUT2D eigenvalue weighted by atomic mass is 9.81. The highest BCUT2D eigenvalue weighted by Crippen LogP contribution is 2.35. The van der Waals surface area contributed by atoms with Crippen molar-refractivity contribution < 1.29 is 9.59 Å². The number of urea groups is 1. The number of fused-ring (bicyclic) bond motifs is 2. The third kappa shape index (κ3) is 4.85. The van der Waals surface area contributed by atoms with E-state index in [-0.39, 0.29) is 17.9 Å². The van der Waals surface area contributed by atoms with Gasteiger partial charge >= 0.3 is 6.03 Å². The van der Waals surface area contributed by atoms with E-state index in [9.17, 15) is 9.59 Å². The van der Waals surface area contributed by atoms with Crippen molar-refractivity contribution in [3.63, 3.8) is 0 Å². The van der Waals surface area contributed by atoms with Crippen LogP contribution >= 0.6 is 0 Å². The quantitative estimate of drug-likeness (QED) is 0.733. The Morgan fingerprint density at radius 2 is 1.72 bits per heavy atom. The molecule has 2 N–H and O–H groups in total. The summed E-state index contributed by atoms with van der Waals surface area (Å²) < 4.78 is 0. The molecule has 5 heteroatoms. The molecule has 3 atom stereocenters. The molecule has 2 fully saturated rings. The topological polar surface area (TPSA) is 61.4 Å². The number of piperidine rings is 2. The molecular formula is C24H29N3O2. The van der Waals surface area contributed by atoms with Crippen LogP contribution in [-0.4, -0.2) is 34.8 Å². The van der Waals surface area contributed by atoms with Gasteiger partial charge in [0.1, 0.15) is 0 Å². The first-order valence-corrected chi connectivity index (χ1v) is 10.6. The van der Waals surface area contributed by atoms with Crippen LogP contribution in [0.25, 0.3) is 0 Å². The van der Waals surface area contributed by atoms with Crippen LogP contribution in [0.1, 0.15) is 54.9 Å². The minimum Gasteiger partial charge on any atom is -0.335 e. The van der Waals surface area contributed by atoms with E-state index >= 15 is 0 Å². The molecular weight excluding hydrogens is 362 g/mol. The number of Topliss-reactive ketones (excluding diaryl/α,β-unsaturated/α-hetero) is 1. The number of nitrogens with zero attached hydrogens (tertiary/aromatic N) is 1. The summed E-state index contributed by atoms with van der Waals surface area (Å²) in [6.45, 7) is 2.52. The molecule has 152 valence electrons. The van der Waals surface area contributed by atoms with Gasteiger partial charge in [0.25, 0.3) is 0 Å². The summed E-state index contributed by atoms with van der Waals surface area (Å²) in [5, 5.41) is 6.05. The molecule has 2 aromatic carbocycles. The molecule has 4 rings (SSSR count). The molecule has 2 heterocycles. The van der Waals surface area contributed by atoms with Crippen LogP contribution in [0.4, 0.5) is 10.5 Å². The van der Waals surface area contributed by atoms with E-state index in [1.54, 1.807) is 18.2 Å². The molecule has 0 radical (unpaired) electrons. The maximum absolute atomic E-state index is 12.5. The number of carbonyl (C=O) groups is 2. The third-order valence-electron chi connectivity index (χ3n) is 6.20. The summed E-state index contributed by atoms with van der Waals surface area (Å²) in [4.78, 5) is 26.7. The summed E-state index contributed by atoms with van der Waals surface area (Å²) in [6, 6.07) is 18.8. The summed E-state index contributed by atoms with van der Waals surface area (Å²) >= 11 is 0. The van der Waals surface area contributed by atoms with E-state index in [1.165, 1.54) is 31.7 Å². The lowest BCUT2D eigenvalue weighted by Crippen LogP contribution is -2.56. The maximum atomic E-state index is 12.5. The van der Waals surface area contributed by atoms with E-state index in [2.05, 4.69) is 45.9 Å². The largest absolute Gasteiger partial charge is 0.335 e. The first-order valence-electron chi connectivity index (χ1n) is 10.6. The first-order chi connectivity index (χ1) is 14.1. The van der Waals surface area contributed by atoms with Crippen molar-refractivity contribution in [1.82, 2.24) is 10.2 Å². The average Bonchev–Trinajstić information content (AvgIpc) is 2.69. The highest BCUT2D eigenvalue weighted by atomic mass is 16.2. The number of nitrogens with one attached hydrogen (secondary N) is 2. The molecule has 1 unspecified atom stereocenters. The number of hydrogen-bond donors (Lipinski definition) is 2. The van der Waals surface area contributed by atoms with Crippen molar-refractivity contribution in [1.29, 1.82) is 0 Å². The zero-order valence-electron chi connectivity index (χ0n) is 16.9. The molecule has 0 spiro atoms. The Labute approximate surface area is 172 Å². The van der Waals surface area contributed by atoms with Crippen LogP contribution in [0.15, 0.2) is 54.6 Å². The van der Waals surface area contributed by atoms with Crippen LogP contribution in [0.2, 0.25) is 0 Å². The van der Waals surface area contributed by atoms with Gasteiger partial charge in [-0.1, -0.05) is 48.9 Å². The van der Waals surface area contributed by atoms with E-state index in [0.717, 1.165) is 19.4 Å². The second kappa shape index (κ2) is 8.78. The molecule has 5 nitrogen and oxygen atoms in total. The van der Waals surface area contributed by atoms with Gasteiger partial charge < -0.3 is 10.6 Å². The van der Waals surface area contributed by atoms with Crippen molar-refractivity contribution in [2.45, 2.75) is 63.7 Å². The Kier molecular flexibility index (Phi) is 5.95. The van der Waals surface area contributed by atoms with E-state index in [1.807, 2.05) is 6.07 Å². The second-order valence-electron chi connectivity index (χ2n) is 8.30. The van der Waals surface area contributed by atoms with Gasteiger partial charge in [-0.25, -0.2) is 4.79 Å². The predicted molar refractivity (Wildman–Crippen MR) is 115 cm³/mol. The molecule has 29 heavy (non-hydrogen) atoms. The fourth-order valence-corrected chi connectivity index (χ4v) is 4.82. The highest BCUT2D eigenvalue weighted by molar-refractivity contribution is 5.96. The monoisotopic (exact) mass is 391 g/mol. The second-order valence-corrected chi connectivity index (χ2v) is 8.30. The zero-order chi connectivity index (χ0) is 20.2. The standard InChI is InChI=1S/C24H29N3O2/c1-17(28)19-9-5-10-20(13-19)25-24(29)26-21-14-22-11-6-12-23(15-21)27(22)16-18-7-3-2-4-8-18/h2-5,7-10,13,21-23H,6,11-12,14-16H2,1H3,(H2,25,26,29)/t21?,22-,23+. The highest BCUT2D eigenvalue weighted by Gasteiger charge is 2.38. The lowest BCUT2D eigenvalue weighted by Gasteiger charge is -2.49. The van der Waals surface area contributed by atoms with Crippen LogP contribution in [0.3, 0.4) is 0 Å². The zero-order valence-corrected chi connectivity index (χ0v) is 16.9. The van der Waals surface area contributed by atoms with Gasteiger partial charge in [-0.2, -0.15) is 0 Å². The van der Waals surface area contributed by atoms with Crippen molar-refractivity contribution in [3.05, 3.63) is 65.7 Å². The Morgan fingerprint density at radius 1 is 1.00 bits per heavy atom. The summed E-state index contributed by atoms with van der Waals surface area (Å²) in [5.41, 5.74) is 2.61. The Bertz CT molecular complexity index is 853. The fraction of sp³-hybridized carbons (Fsp3) is 0.417. The summed E-state index contributed by atoms with van der Waals surface area (Å²) in [7, 11) is 0. The molecule has 0 aromatic heterocycles. The smallest absolute Gasteiger partial charge is 0.319 e. The summed E-state index contributed by atoms with van der Waals surface area (Å²) in [5.74, 6) is -0.00679. The number of rotatable bonds is 5. The molecule has 0 aliphatic carbocycles. The Hall–Kier alpha value is -2.66. The van der Waals surface area contributed by atoms with Gasteiger partial charge in [-0.3, -0.25) is 9.69 Å². The number of carbonyl (C=O) groups excluding carboxylic acids is 2. The number of ketones is 1. The maximum Gasteiger partial charge on any atom is 0.319 e. The van der Waals surface area contributed by atoms with Crippen molar-refractivity contribution in [2.75, 3.05) is 5.32 Å². The lowest BCUT2D eigenvalue weighted by molar-refractivity contribution is 0.0200. The van der Waals surface area contributed by atoms with Crippen LogP contribution in [-0.2, 0) is 6.54 Å². The van der Waals surface area contributed by atoms with Crippen LogP contribution < -0.4 is 10.6 Å². The molecule has 2 bridgehead atoms. The minimum absolute atomic E-state index is 0.00679. The van der Waals surface area contributed by atoms with Crippen LogP contribution in [0.5, 0.6) is 0 Å². The van der Waals surface area contributed by atoms with Gasteiger partial charge in [0.05, 0.1) is 0 Å². The van der Waals surface area contributed by atoms with Gasteiger partial charge in [-0.05, 0) is 50.3 Å². The van der Waals surface area contributed by atoms with Crippen molar-refractivity contribution in [3.8, 4) is 0 Å². The average molecular weight is 392 g/mol. The Morgan fingerprint density at radius 3 is 2.41 bits per heavy atom. The van der Waals surface area contributed by atoms with Gasteiger partial charge in [0.2, 0.25) is 0 Å². The van der Waals surface area contributed by atoms with E-state index in [4.69, 9.17) is 0 Å². The SMILES string of the molecule is CC(=O)c1cccc(NC(=O)NC2C[C@H]3CCC[C@@H](C2)N3Cc2ccccc2)c1. The molecule has 0 saturated carbocycles. The molecule has 2 aliphatic heterocycles. The van der Waals surface area contributed by atoms with Gasteiger partial charge in [-0.15, -0.1) is 0 Å². The number of benzene rings is 2. The minimum atomic E-state index is -0.190. The van der Waals surface area contributed by atoms with Crippen molar-refractivity contribution in [2.24, 2.45) is 0 Å². The van der Waals surface area contributed by atoms with Crippen molar-refractivity contribution >= 4 is 17.5 Å². The normalized spacial score (nSPS) is 24.0. The van der Waals surface area contributed by atoms with E-state index < -0.39 is 0 Å². The first kappa shape index (κ1) is 19.6. The number of hydrogen-bond acceptors (Lipinski definition) is 3. The fourth-order valence-electron chi connectivity index (χ4n) is 4.82.